The van der Waals surface area contributed by atoms with Gasteiger partial charge in [-0.25, -0.2) is 4.39 Å². The second-order valence-corrected chi connectivity index (χ2v) is 9.82. The van der Waals surface area contributed by atoms with Gasteiger partial charge in [0.05, 0.1) is 11.1 Å². The summed E-state index contributed by atoms with van der Waals surface area (Å²) in [7, 11) is 0. The first kappa shape index (κ1) is 21.1. The molecule has 2 aliphatic rings. The van der Waals surface area contributed by atoms with E-state index in [4.69, 9.17) is 28.9 Å². The van der Waals surface area contributed by atoms with Gasteiger partial charge in [0.25, 0.3) is 0 Å². The topological polar surface area (TPSA) is 84.2 Å². The van der Waals surface area contributed by atoms with E-state index in [1.807, 2.05) is 20.8 Å². The van der Waals surface area contributed by atoms with Gasteiger partial charge in [0.15, 0.2) is 0 Å². The summed E-state index contributed by atoms with van der Waals surface area (Å²) < 4.78 is 15.3. The Morgan fingerprint density at radius 2 is 1.90 bits per heavy atom. The monoisotopic (exact) mass is 449 g/mol. The molecule has 1 saturated heterocycles. The standard InChI is InChI=1S/C22H22Cl2FN3O2/c1-21(2,3)19-22(12-8-7-10(23)9-14(12)27-20(22)30)15(17(28-19)18(26)29)11-5-4-6-13(24)16(11)25/h4-9,15,17,19,28H,1-3H3,(H2,26,29)(H,27,30)/t15-,17+,19?,22-/m0/s1. The van der Waals surface area contributed by atoms with E-state index >= 15 is 4.39 Å². The zero-order chi connectivity index (χ0) is 22.0. The zero-order valence-electron chi connectivity index (χ0n) is 16.7. The predicted octanol–water partition coefficient (Wildman–Crippen LogP) is 3.98. The number of rotatable bonds is 2. The summed E-state index contributed by atoms with van der Waals surface area (Å²) in [4.78, 5) is 26.2. The van der Waals surface area contributed by atoms with Gasteiger partial charge >= 0.3 is 0 Å². The quantitative estimate of drug-likeness (QED) is 0.647. The second-order valence-electron chi connectivity index (χ2n) is 8.98. The first-order valence-corrected chi connectivity index (χ1v) is 10.4. The van der Waals surface area contributed by atoms with Crippen molar-refractivity contribution >= 4 is 40.7 Å². The normalized spacial score (nSPS) is 27.9. The lowest BCUT2D eigenvalue weighted by molar-refractivity contribution is -0.123. The van der Waals surface area contributed by atoms with Crippen LogP contribution in [0.25, 0.3) is 0 Å². The third kappa shape index (κ3) is 2.85. The van der Waals surface area contributed by atoms with Crippen LogP contribution in [0.3, 0.4) is 0 Å². The number of carbonyl (C=O) groups is 2. The fourth-order valence-electron chi connectivity index (χ4n) is 5.14. The van der Waals surface area contributed by atoms with Crippen LogP contribution in [-0.4, -0.2) is 23.9 Å². The molecular formula is C22H22Cl2FN3O2. The molecule has 2 aliphatic heterocycles. The minimum Gasteiger partial charge on any atom is -0.368 e. The smallest absolute Gasteiger partial charge is 0.237 e. The third-order valence-corrected chi connectivity index (χ3v) is 6.69. The summed E-state index contributed by atoms with van der Waals surface area (Å²) in [6.45, 7) is 5.88. The Hall–Kier alpha value is -2.15. The highest BCUT2D eigenvalue weighted by Crippen LogP contribution is 2.58. The number of halogens is 3. The molecule has 4 atom stereocenters. The van der Waals surface area contributed by atoms with Crippen molar-refractivity contribution in [1.29, 1.82) is 0 Å². The molecule has 2 aromatic rings. The van der Waals surface area contributed by atoms with E-state index < -0.39 is 40.6 Å². The molecule has 0 aliphatic carbocycles. The van der Waals surface area contributed by atoms with Gasteiger partial charge in [-0.1, -0.05) is 62.2 Å². The maximum absolute atomic E-state index is 15.3. The van der Waals surface area contributed by atoms with Crippen LogP contribution in [0.5, 0.6) is 0 Å². The van der Waals surface area contributed by atoms with Crippen molar-refractivity contribution in [2.24, 2.45) is 11.1 Å². The predicted molar refractivity (Wildman–Crippen MR) is 115 cm³/mol. The second kappa shape index (κ2) is 6.94. The molecule has 0 aromatic heterocycles. The van der Waals surface area contributed by atoms with E-state index in [0.717, 1.165) is 0 Å². The van der Waals surface area contributed by atoms with E-state index in [0.29, 0.717) is 16.3 Å². The van der Waals surface area contributed by atoms with Gasteiger partial charge in [0.2, 0.25) is 11.8 Å². The maximum atomic E-state index is 15.3. The number of anilines is 1. The van der Waals surface area contributed by atoms with Crippen molar-refractivity contribution in [3.63, 3.8) is 0 Å². The van der Waals surface area contributed by atoms with Gasteiger partial charge in [-0.2, -0.15) is 0 Å². The average Bonchev–Trinajstić information content (AvgIpc) is 3.14. The number of nitrogens with two attached hydrogens (primary N) is 1. The van der Waals surface area contributed by atoms with Crippen molar-refractivity contribution in [1.82, 2.24) is 5.32 Å². The lowest BCUT2D eigenvalue weighted by Gasteiger charge is -2.41. The number of amides is 2. The number of benzene rings is 2. The molecule has 0 saturated carbocycles. The van der Waals surface area contributed by atoms with Crippen LogP contribution in [-0.2, 0) is 15.0 Å². The van der Waals surface area contributed by atoms with Crippen molar-refractivity contribution in [3.8, 4) is 0 Å². The SMILES string of the molecule is CC(C)(C)C1N[C@@H](C(N)=O)[C@H](c2cccc(Cl)c2F)[C@]12C(=O)Nc1cc(Cl)ccc12. The number of fused-ring (bicyclic) bond motifs is 2. The molecule has 4 rings (SSSR count). The molecule has 1 unspecified atom stereocenters. The highest BCUT2D eigenvalue weighted by molar-refractivity contribution is 6.31. The molecule has 2 heterocycles. The Labute approximate surface area is 184 Å². The van der Waals surface area contributed by atoms with Crippen LogP contribution in [0.4, 0.5) is 10.1 Å². The average molecular weight is 450 g/mol. The Morgan fingerprint density at radius 1 is 1.20 bits per heavy atom. The number of primary amides is 1. The zero-order valence-corrected chi connectivity index (χ0v) is 18.2. The van der Waals surface area contributed by atoms with Crippen LogP contribution < -0.4 is 16.4 Å². The summed E-state index contributed by atoms with van der Waals surface area (Å²) in [6, 6.07) is 8.19. The van der Waals surface area contributed by atoms with Crippen LogP contribution in [0.15, 0.2) is 36.4 Å². The molecule has 1 fully saturated rings. The fraction of sp³-hybridized carbons (Fsp3) is 0.364. The maximum Gasteiger partial charge on any atom is 0.237 e. The largest absolute Gasteiger partial charge is 0.368 e. The Balaban J connectivity index is 2.09. The summed E-state index contributed by atoms with van der Waals surface area (Å²) in [5.41, 5.74) is 5.35. The van der Waals surface area contributed by atoms with E-state index in [1.165, 1.54) is 6.07 Å². The summed E-state index contributed by atoms with van der Waals surface area (Å²) in [6.07, 6.45) is 0. The molecule has 0 bridgehead atoms. The molecule has 5 nitrogen and oxygen atoms in total. The van der Waals surface area contributed by atoms with Gasteiger partial charge < -0.3 is 16.4 Å². The molecule has 1 spiro atoms. The number of hydrogen-bond acceptors (Lipinski definition) is 3. The summed E-state index contributed by atoms with van der Waals surface area (Å²) in [5, 5.41) is 6.54. The lowest BCUT2D eigenvalue weighted by atomic mass is 9.60. The van der Waals surface area contributed by atoms with Gasteiger partial charge in [-0.3, -0.25) is 9.59 Å². The van der Waals surface area contributed by atoms with Crippen LogP contribution in [0.1, 0.15) is 37.8 Å². The third-order valence-electron chi connectivity index (χ3n) is 6.17. The van der Waals surface area contributed by atoms with Crippen molar-refractivity contribution in [2.45, 2.75) is 44.2 Å². The molecular weight excluding hydrogens is 428 g/mol. The van der Waals surface area contributed by atoms with E-state index in [-0.39, 0.29) is 16.5 Å². The Bertz CT molecular complexity index is 1070. The fourth-order valence-corrected chi connectivity index (χ4v) is 5.49. The number of nitrogens with one attached hydrogen (secondary N) is 2. The van der Waals surface area contributed by atoms with Crippen LogP contribution in [0, 0.1) is 11.2 Å². The van der Waals surface area contributed by atoms with Gasteiger partial charge in [-0.05, 0) is 34.7 Å². The molecule has 2 aromatic carbocycles. The van der Waals surface area contributed by atoms with E-state index in [9.17, 15) is 9.59 Å². The summed E-state index contributed by atoms with van der Waals surface area (Å²) in [5.74, 6) is -2.57. The minimum absolute atomic E-state index is 0.0835. The van der Waals surface area contributed by atoms with Crippen molar-refractivity contribution in [2.75, 3.05) is 5.32 Å². The van der Waals surface area contributed by atoms with Gasteiger partial charge in [-0.15, -0.1) is 0 Å². The van der Waals surface area contributed by atoms with E-state index in [1.54, 1.807) is 30.3 Å². The lowest BCUT2D eigenvalue weighted by Crippen LogP contribution is -2.54. The van der Waals surface area contributed by atoms with Gasteiger partial charge in [0, 0.05) is 22.7 Å². The van der Waals surface area contributed by atoms with Crippen molar-refractivity contribution in [3.05, 3.63) is 63.4 Å². The Morgan fingerprint density at radius 3 is 2.53 bits per heavy atom. The van der Waals surface area contributed by atoms with Crippen LogP contribution >= 0.6 is 23.2 Å². The molecule has 2 amide bonds. The minimum atomic E-state index is -1.29. The molecule has 30 heavy (non-hydrogen) atoms. The van der Waals surface area contributed by atoms with Crippen LogP contribution in [0.2, 0.25) is 10.0 Å². The summed E-state index contributed by atoms with van der Waals surface area (Å²) >= 11 is 12.2. The van der Waals surface area contributed by atoms with Crippen molar-refractivity contribution < 1.29 is 14.0 Å². The Kier molecular flexibility index (Phi) is 4.88. The first-order chi connectivity index (χ1) is 14.0. The molecule has 158 valence electrons. The molecule has 8 heteroatoms. The first-order valence-electron chi connectivity index (χ1n) is 9.60. The van der Waals surface area contributed by atoms with Gasteiger partial charge in [0.1, 0.15) is 11.2 Å². The highest BCUT2D eigenvalue weighted by atomic mass is 35.5. The number of hydrogen-bond donors (Lipinski definition) is 3. The number of carbonyl (C=O) groups excluding carboxylic acids is 2. The highest BCUT2D eigenvalue weighted by Gasteiger charge is 2.67. The van der Waals surface area contributed by atoms with E-state index in [2.05, 4.69) is 10.6 Å². The molecule has 0 radical (unpaired) electrons. The molecule has 4 N–H and O–H groups in total.